The molecule has 0 fully saturated rings. The van der Waals surface area contributed by atoms with E-state index in [4.69, 9.17) is 9.47 Å². The Kier molecular flexibility index (Phi) is 4.77. The number of amides is 1. The Labute approximate surface area is 164 Å². The standard InChI is InChI=1S/C22H23N3O3/c1-14(17-9-10-19-20(13-17)28-12-11-27-19)23-22(26)21-15(2)24-25(16(21)3)18-7-5-4-6-8-18/h4-10,13-14H,11-12H2,1-3H3,(H,23,26). The first kappa shape index (κ1) is 18.1. The van der Waals surface area contributed by atoms with E-state index >= 15 is 0 Å². The Morgan fingerprint density at radius 1 is 1.07 bits per heavy atom. The van der Waals surface area contributed by atoms with Crippen molar-refractivity contribution in [3.05, 3.63) is 71.0 Å². The third-order valence-corrected chi connectivity index (χ3v) is 4.93. The van der Waals surface area contributed by atoms with Gasteiger partial charge in [-0.15, -0.1) is 0 Å². The molecule has 0 bridgehead atoms. The molecule has 0 saturated carbocycles. The first-order valence-electron chi connectivity index (χ1n) is 9.36. The Morgan fingerprint density at radius 2 is 1.79 bits per heavy atom. The van der Waals surface area contributed by atoms with Gasteiger partial charge in [-0.3, -0.25) is 4.79 Å². The molecule has 3 aromatic rings. The lowest BCUT2D eigenvalue weighted by molar-refractivity contribution is 0.0938. The summed E-state index contributed by atoms with van der Waals surface area (Å²) in [7, 11) is 0. The minimum Gasteiger partial charge on any atom is -0.486 e. The van der Waals surface area contributed by atoms with Gasteiger partial charge in [0, 0.05) is 0 Å². The second-order valence-electron chi connectivity index (χ2n) is 6.89. The highest BCUT2D eigenvalue weighted by molar-refractivity contribution is 5.96. The predicted octanol–water partition coefficient (Wildman–Crippen LogP) is 3.75. The molecule has 2 heterocycles. The number of aromatic nitrogens is 2. The van der Waals surface area contributed by atoms with Crippen LogP contribution in [0.1, 0.15) is 40.3 Å². The number of para-hydroxylation sites is 1. The van der Waals surface area contributed by atoms with Gasteiger partial charge in [-0.05, 0) is 50.6 Å². The molecule has 144 valence electrons. The van der Waals surface area contributed by atoms with Crippen molar-refractivity contribution in [2.45, 2.75) is 26.8 Å². The molecular weight excluding hydrogens is 354 g/mol. The predicted molar refractivity (Wildman–Crippen MR) is 106 cm³/mol. The fourth-order valence-electron chi connectivity index (χ4n) is 3.47. The lowest BCUT2D eigenvalue weighted by Gasteiger charge is -2.21. The van der Waals surface area contributed by atoms with E-state index in [1.807, 2.05) is 69.3 Å². The van der Waals surface area contributed by atoms with Crippen LogP contribution in [0.5, 0.6) is 11.5 Å². The van der Waals surface area contributed by atoms with Crippen LogP contribution in [-0.2, 0) is 0 Å². The van der Waals surface area contributed by atoms with Crippen LogP contribution < -0.4 is 14.8 Å². The van der Waals surface area contributed by atoms with Gasteiger partial charge in [-0.2, -0.15) is 5.10 Å². The molecule has 0 aliphatic carbocycles. The smallest absolute Gasteiger partial charge is 0.255 e. The lowest BCUT2D eigenvalue weighted by Crippen LogP contribution is -2.27. The first-order valence-corrected chi connectivity index (χ1v) is 9.36. The van der Waals surface area contributed by atoms with Crippen LogP contribution in [-0.4, -0.2) is 28.9 Å². The SMILES string of the molecule is Cc1nn(-c2ccccc2)c(C)c1C(=O)NC(C)c1ccc2c(c1)OCCO2. The zero-order valence-corrected chi connectivity index (χ0v) is 16.2. The zero-order chi connectivity index (χ0) is 19.7. The number of aryl methyl sites for hydroxylation is 1. The highest BCUT2D eigenvalue weighted by atomic mass is 16.6. The molecule has 1 atom stereocenters. The van der Waals surface area contributed by atoms with E-state index in [9.17, 15) is 4.79 Å². The van der Waals surface area contributed by atoms with Gasteiger partial charge in [-0.1, -0.05) is 24.3 Å². The first-order chi connectivity index (χ1) is 13.5. The topological polar surface area (TPSA) is 65.4 Å². The zero-order valence-electron chi connectivity index (χ0n) is 16.2. The maximum Gasteiger partial charge on any atom is 0.255 e. The van der Waals surface area contributed by atoms with E-state index < -0.39 is 0 Å². The third-order valence-electron chi connectivity index (χ3n) is 4.93. The van der Waals surface area contributed by atoms with Crippen molar-refractivity contribution < 1.29 is 14.3 Å². The van der Waals surface area contributed by atoms with Crippen LogP contribution in [0, 0.1) is 13.8 Å². The summed E-state index contributed by atoms with van der Waals surface area (Å²) in [6.07, 6.45) is 0. The van der Waals surface area contributed by atoms with E-state index in [-0.39, 0.29) is 11.9 Å². The quantitative estimate of drug-likeness (QED) is 0.752. The van der Waals surface area contributed by atoms with Crippen molar-refractivity contribution in [1.82, 2.24) is 15.1 Å². The Bertz CT molecular complexity index is 1010. The van der Waals surface area contributed by atoms with E-state index in [2.05, 4.69) is 10.4 Å². The Morgan fingerprint density at radius 3 is 2.54 bits per heavy atom. The highest BCUT2D eigenvalue weighted by Gasteiger charge is 2.22. The number of nitrogens with zero attached hydrogens (tertiary/aromatic N) is 2. The molecule has 0 radical (unpaired) electrons. The summed E-state index contributed by atoms with van der Waals surface area (Å²) in [5, 5.41) is 7.64. The van der Waals surface area contributed by atoms with Crippen LogP contribution in [0.15, 0.2) is 48.5 Å². The maximum absolute atomic E-state index is 13.0. The summed E-state index contributed by atoms with van der Waals surface area (Å²) in [5.41, 5.74) is 4.02. The minimum absolute atomic E-state index is 0.139. The summed E-state index contributed by atoms with van der Waals surface area (Å²) in [4.78, 5) is 13.0. The summed E-state index contributed by atoms with van der Waals surface area (Å²) in [6.45, 7) is 6.82. The van der Waals surface area contributed by atoms with Crippen LogP contribution >= 0.6 is 0 Å². The van der Waals surface area contributed by atoms with Crippen LogP contribution in [0.25, 0.3) is 5.69 Å². The van der Waals surface area contributed by atoms with Gasteiger partial charge in [0.1, 0.15) is 13.2 Å². The van der Waals surface area contributed by atoms with Gasteiger partial charge < -0.3 is 14.8 Å². The molecule has 1 aromatic heterocycles. The van der Waals surface area contributed by atoms with Gasteiger partial charge in [0.15, 0.2) is 11.5 Å². The molecule has 0 saturated heterocycles. The average Bonchev–Trinajstić information content (AvgIpc) is 3.02. The molecule has 1 amide bonds. The lowest BCUT2D eigenvalue weighted by atomic mass is 10.1. The number of hydrogen-bond acceptors (Lipinski definition) is 4. The molecule has 1 aliphatic heterocycles. The molecule has 1 aliphatic rings. The van der Waals surface area contributed by atoms with Gasteiger partial charge >= 0.3 is 0 Å². The second-order valence-corrected chi connectivity index (χ2v) is 6.89. The Balaban J connectivity index is 1.56. The van der Waals surface area contributed by atoms with E-state index in [1.54, 1.807) is 4.68 Å². The van der Waals surface area contributed by atoms with Crippen molar-refractivity contribution in [1.29, 1.82) is 0 Å². The molecule has 6 nitrogen and oxygen atoms in total. The van der Waals surface area contributed by atoms with Crippen LogP contribution in [0.2, 0.25) is 0 Å². The van der Waals surface area contributed by atoms with E-state index in [0.29, 0.717) is 30.2 Å². The number of hydrogen-bond donors (Lipinski definition) is 1. The van der Waals surface area contributed by atoms with E-state index in [1.165, 1.54) is 0 Å². The molecule has 2 aromatic carbocycles. The molecule has 4 rings (SSSR count). The number of ether oxygens (including phenoxy) is 2. The van der Waals surface area contributed by atoms with Gasteiger partial charge in [0.25, 0.3) is 5.91 Å². The van der Waals surface area contributed by atoms with Gasteiger partial charge in [-0.25, -0.2) is 4.68 Å². The fraction of sp³-hybridized carbons (Fsp3) is 0.273. The number of rotatable bonds is 4. The van der Waals surface area contributed by atoms with Gasteiger partial charge in [0.2, 0.25) is 0 Å². The maximum atomic E-state index is 13.0. The molecular formula is C22H23N3O3. The average molecular weight is 377 g/mol. The van der Waals surface area contributed by atoms with Crippen molar-refractivity contribution in [3.63, 3.8) is 0 Å². The third kappa shape index (κ3) is 3.33. The molecule has 1 unspecified atom stereocenters. The summed E-state index contributed by atoms with van der Waals surface area (Å²) in [6, 6.07) is 15.4. The summed E-state index contributed by atoms with van der Waals surface area (Å²) < 4.78 is 13.0. The second kappa shape index (κ2) is 7.38. The monoisotopic (exact) mass is 377 g/mol. The molecule has 28 heavy (non-hydrogen) atoms. The minimum atomic E-state index is -0.179. The Hall–Kier alpha value is -3.28. The molecule has 1 N–H and O–H groups in total. The van der Waals surface area contributed by atoms with E-state index in [0.717, 1.165) is 22.7 Å². The molecule has 0 spiro atoms. The normalized spacial score (nSPS) is 13.8. The van der Waals surface area contributed by atoms with Crippen molar-refractivity contribution >= 4 is 5.91 Å². The van der Waals surface area contributed by atoms with Gasteiger partial charge in [0.05, 0.1) is 28.7 Å². The molecule has 6 heteroatoms. The van der Waals surface area contributed by atoms with Crippen molar-refractivity contribution in [2.24, 2.45) is 0 Å². The van der Waals surface area contributed by atoms with Crippen LogP contribution in [0.3, 0.4) is 0 Å². The summed E-state index contributed by atoms with van der Waals surface area (Å²) in [5.74, 6) is 1.32. The van der Waals surface area contributed by atoms with Crippen molar-refractivity contribution in [2.75, 3.05) is 13.2 Å². The highest BCUT2D eigenvalue weighted by Crippen LogP contribution is 2.32. The van der Waals surface area contributed by atoms with Crippen molar-refractivity contribution in [3.8, 4) is 17.2 Å². The largest absolute Gasteiger partial charge is 0.486 e. The summed E-state index contributed by atoms with van der Waals surface area (Å²) >= 11 is 0. The fourth-order valence-corrected chi connectivity index (χ4v) is 3.47. The number of fused-ring (bicyclic) bond motifs is 1. The number of carbonyl (C=O) groups excluding carboxylic acids is 1. The number of carbonyl (C=O) groups is 1. The van der Waals surface area contributed by atoms with Crippen LogP contribution in [0.4, 0.5) is 0 Å². The number of nitrogens with one attached hydrogen (secondary N) is 1. The number of benzene rings is 2.